The van der Waals surface area contributed by atoms with Crippen molar-refractivity contribution in [1.29, 1.82) is 5.41 Å². The summed E-state index contributed by atoms with van der Waals surface area (Å²) in [6.07, 6.45) is 2.22. The van der Waals surface area contributed by atoms with E-state index in [2.05, 4.69) is 10.1 Å². The van der Waals surface area contributed by atoms with Crippen LogP contribution >= 0.6 is 46.6 Å². The van der Waals surface area contributed by atoms with E-state index in [1.165, 1.54) is 30.0 Å². The van der Waals surface area contributed by atoms with E-state index in [0.29, 0.717) is 38.7 Å². The minimum atomic E-state index is -0.515. The molecule has 170 valence electrons. The van der Waals surface area contributed by atoms with Gasteiger partial charge in [0.15, 0.2) is 17.3 Å². The van der Waals surface area contributed by atoms with Crippen molar-refractivity contribution in [1.82, 2.24) is 5.01 Å². The molecule has 0 radical (unpaired) electrons. The van der Waals surface area contributed by atoms with E-state index in [1.54, 1.807) is 30.3 Å². The van der Waals surface area contributed by atoms with Gasteiger partial charge in [-0.3, -0.25) is 10.2 Å². The molecule has 0 atom stereocenters. The van der Waals surface area contributed by atoms with E-state index in [1.807, 2.05) is 6.92 Å². The highest BCUT2D eigenvalue weighted by Crippen LogP contribution is 2.38. The lowest BCUT2D eigenvalue weighted by atomic mass is 10.1. The van der Waals surface area contributed by atoms with Crippen LogP contribution in [0.5, 0.6) is 11.5 Å². The molecule has 2 aromatic rings. The summed E-state index contributed by atoms with van der Waals surface area (Å²) in [4.78, 5) is 16.6. The maximum absolute atomic E-state index is 12.6. The fourth-order valence-corrected chi connectivity index (χ4v) is 4.65. The van der Waals surface area contributed by atoms with Crippen LogP contribution in [0.3, 0.4) is 0 Å². The number of amides is 1. The summed E-state index contributed by atoms with van der Waals surface area (Å²) < 4.78 is 11.3. The van der Waals surface area contributed by atoms with Gasteiger partial charge in [-0.25, -0.2) is 0 Å². The molecule has 1 N–H and O–H groups in total. The SMILES string of the molecule is CCC1=NN2C(=N)/C(=C/c3cc(Cl)c(OCc4ccc(Cl)cc4Cl)c(OC)c3)C(=O)N=C2S1. The normalized spacial score (nSPS) is 16.6. The summed E-state index contributed by atoms with van der Waals surface area (Å²) in [5.74, 6) is 0.125. The van der Waals surface area contributed by atoms with Crippen molar-refractivity contribution in [2.45, 2.75) is 20.0 Å². The summed E-state index contributed by atoms with van der Waals surface area (Å²) in [7, 11) is 1.48. The number of thioether (sulfide) groups is 1. The number of amidine groups is 2. The van der Waals surface area contributed by atoms with Crippen molar-refractivity contribution in [3.8, 4) is 11.5 Å². The quantitative estimate of drug-likeness (QED) is 0.451. The maximum Gasteiger partial charge on any atom is 0.283 e. The molecule has 33 heavy (non-hydrogen) atoms. The van der Waals surface area contributed by atoms with Gasteiger partial charge < -0.3 is 9.47 Å². The third kappa shape index (κ3) is 4.89. The third-order valence-corrected chi connectivity index (χ3v) is 6.67. The molecule has 2 aromatic carbocycles. The van der Waals surface area contributed by atoms with Crippen molar-refractivity contribution >= 4 is 74.6 Å². The Morgan fingerprint density at radius 2 is 1.97 bits per heavy atom. The summed E-state index contributed by atoms with van der Waals surface area (Å²) in [5, 5.41) is 16.6. The van der Waals surface area contributed by atoms with Crippen LogP contribution in [0, 0.1) is 5.41 Å². The third-order valence-electron chi connectivity index (χ3n) is 4.75. The van der Waals surface area contributed by atoms with E-state index < -0.39 is 5.91 Å². The first kappa shape index (κ1) is 23.6. The summed E-state index contributed by atoms with van der Waals surface area (Å²) in [5.41, 5.74) is 1.38. The highest BCUT2D eigenvalue weighted by atomic mass is 35.5. The monoisotopic (exact) mass is 522 g/mol. The molecule has 0 aromatic heterocycles. The number of methoxy groups -OCH3 is 1. The Bertz CT molecular complexity index is 1260. The highest BCUT2D eigenvalue weighted by Gasteiger charge is 2.35. The van der Waals surface area contributed by atoms with Crippen LogP contribution in [0.2, 0.25) is 15.1 Å². The Labute approximate surface area is 209 Å². The van der Waals surface area contributed by atoms with Crippen molar-refractivity contribution < 1.29 is 14.3 Å². The lowest BCUT2D eigenvalue weighted by molar-refractivity contribution is -0.114. The molecule has 7 nitrogen and oxygen atoms in total. The lowest BCUT2D eigenvalue weighted by Gasteiger charge is -2.20. The number of benzene rings is 2. The van der Waals surface area contributed by atoms with Gasteiger partial charge in [0.05, 0.1) is 17.7 Å². The lowest BCUT2D eigenvalue weighted by Crippen LogP contribution is -2.35. The van der Waals surface area contributed by atoms with Gasteiger partial charge in [-0.05, 0) is 54.1 Å². The van der Waals surface area contributed by atoms with E-state index >= 15 is 0 Å². The molecular weight excluding hydrogens is 507 g/mol. The number of hydrazone groups is 1. The number of carbonyl (C=O) groups excluding carboxylic acids is 1. The number of carbonyl (C=O) groups is 1. The Morgan fingerprint density at radius 1 is 1.18 bits per heavy atom. The average molecular weight is 524 g/mol. The van der Waals surface area contributed by atoms with E-state index in [4.69, 9.17) is 49.7 Å². The van der Waals surface area contributed by atoms with Gasteiger partial charge >= 0.3 is 0 Å². The zero-order valence-corrected chi connectivity index (χ0v) is 20.6. The van der Waals surface area contributed by atoms with E-state index in [9.17, 15) is 4.79 Å². The van der Waals surface area contributed by atoms with Crippen LogP contribution < -0.4 is 9.47 Å². The molecule has 1 amide bonds. The number of fused-ring (bicyclic) bond motifs is 1. The molecule has 2 heterocycles. The fourth-order valence-electron chi connectivity index (χ4n) is 3.09. The Morgan fingerprint density at radius 3 is 2.67 bits per heavy atom. The zero-order valence-electron chi connectivity index (χ0n) is 17.5. The first-order chi connectivity index (χ1) is 15.8. The maximum atomic E-state index is 12.6. The predicted octanol–water partition coefficient (Wildman–Crippen LogP) is 6.26. The van der Waals surface area contributed by atoms with Crippen molar-refractivity contribution in [3.63, 3.8) is 0 Å². The number of ether oxygens (including phenoxy) is 2. The molecular formula is C22H17Cl3N4O3S. The van der Waals surface area contributed by atoms with Crippen molar-refractivity contribution in [2.75, 3.05) is 7.11 Å². The van der Waals surface area contributed by atoms with Gasteiger partial charge in [0.1, 0.15) is 11.7 Å². The molecule has 0 saturated heterocycles. The Hall–Kier alpha value is -2.52. The minimum absolute atomic E-state index is 0.0475. The highest BCUT2D eigenvalue weighted by molar-refractivity contribution is 8.26. The second-order valence-electron chi connectivity index (χ2n) is 6.93. The number of hydrogen-bond acceptors (Lipinski definition) is 6. The van der Waals surface area contributed by atoms with Gasteiger partial charge in [-0.2, -0.15) is 15.1 Å². The summed E-state index contributed by atoms with van der Waals surface area (Å²) >= 11 is 19.9. The number of nitrogens with zero attached hydrogens (tertiary/aromatic N) is 3. The largest absolute Gasteiger partial charge is 0.493 e. The summed E-state index contributed by atoms with van der Waals surface area (Å²) in [6.45, 7) is 2.10. The second kappa shape index (κ2) is 9.77. The topological polar surface area (TPSA) is 87.3 Å². The predicted molar refractivity (Wildman–Crippen MR) is 134 cm³/mol. The Balaban J connectivity index is 1.61. The molecule has 0 aliphatic carbocycles. The molecule has 0 bridgehead atoms. The number of hydrogen-bond donors (Lipinski definition) is 1. The molecule has 0 spiro atoms. The average Bonchev–Trinajstić information content (AvgIpc) is 3.20. The van der Waals surface area contributed by atoms with Crippen molar-refractivity contribution in [3.05, 3.63) is 62.1 Å². The molecule has 2 aliphatic heterocycles. The molecule has 11 heteroatoms. The van der Waals surface area contributed by atoms with Crippen molar-refractivity contribution in [2.24, 2.45) is 10.1 Å². The smallest absolute Gasteiger partial charge is 0.283 e. The van der Waals surface area contributed by atoms with Crippen LogP contribution in [-0.2, 0) is 11.4 Å². The molecule has 2 aliphatic rings. The zero-order chi connectivity index (χ0) is 23.7. The fraction of sp³-hybridized carbons (Fsp3) is 0.182. The molecule has 4 rings (SSSR count). The number of aliphatic imine (C=N–C) groups is 1. The summed E-state index contributed by atoms with van der Waals surface area (Å²) in [6, 6.07) is 8.40. The molecule has 0 saturated carbocycles. The number of nitrogens with one attached hydrogen (secondary N) is 1. The second-order valence-corrected chi connectivity index (χ2v) is 9.22. The van der Waals surface area contributed by atoms with Gasteiger partial charge in [0, 0.05) is 15.6 Å². The van der Waals surface area contributed by atoms with Crippen LogP contribution in [0.1, 0.15) is 24.5 Å². The first-order valence-corrected chi connectivity index (χ1v) is 11.7. The minimum Gasteiger partial charge on any atom is -0.493 e. The van der Waals surface area contributed by atoms with Gasteiger partial charge in [0.2, 0.25) is 5.17 Å². The number of rotatable bonds is 6. The van der Waals surface area contributed by atoms with Crippen LogP contribution in [-0.4, -0.2) is 34.1 Å². The molecule has 0 fully saturated rings. The molecule has 0 unspecified atom stereocenters. The van der Waals surface area contributed by atoms with E-state index in [0.717, 1.165) is 10.6 Å². The van der Waals surface area contributed by atoms with Gasteiger partial charge in [0.25, 0.3) is 5.91 Å². The van der Waals surface area contributed by atoms with Crippen LogP contribution in [0.25, 0.3) is 6.08 Å². The Kier molecular flexibility index (Phi) is 6.99. The van der Waals surface area contributed by atoms with Crippen LogP contribution in [0.15, 0.2) is 46.0 Å². The van der Waals surface area contributed by atoms with Crippen LogP contribution in [0.4, 0.5) is 0 Å². The van der Waals surface area contributed by atoms with E-state index in [-0.39, 0.29) is 23.0 Å². The van der Waals surface area contributed by atoms with Gasteiger partial charge in [-0.1, -0.05) is 47.8 Å². The first-order valence-electron chi connectivity index (χ1n) is 9.74. The standard InChI is InChI=1S/C22H17Cl3N4O3S/c1-3-18-28-29-20(26)14(21(30)27-22(29)33-18)6-11-7-16(25)19(17(8-11)31-2)32-10-12-4-5-13(23)9-15(12)24/h4-9,26H,3,10H2,1-2H3/b14-6-,26-20?. The van der Waals surface area contributed by atoms with Gasteiger partial charge in [-0.15, -0.1) is 0 Å². The number of halogens is 3.